The molecular formula is C12H15F3N2O. The summed E-state index contributed by atoms with van der Waals surface area (Å²) in [6, 6.07) is 5.23. The highest BCUT2D eigenvalue weighted by atomic mass is 19.4. The highest BCUT2D eigenvalue weighted by Crippen LogP contribution is 2.32. The standard InChI is InChI=1S/C12H15F3N2O/c1-17(11(18)6-7-16)8-9-4-2-3-5-10(9)12(13,14)15/h2-5H,6-8,16H2,1H3. The molecule has 1 amide bonds. The molecular weight excluding hydrogens is 245 g/mol. The molecule has 0 saturated carbocycles. The molecule has 0 fully saturated rings. The molecule has 0 saturated heterocycles. The number of nitrogens with zero attached hydrogens (tertiary/aromatic N) is 1. The van der Waals surface area contributed by atoms with Crippen LogP contribution >= 0.6 is 0 Å². The molecule has 0 aliphatic rings. The third kappa shape index (κ3) is 3.73. The minimum Gasteiger partial charge on any atom is -0.341 e. The predicted molar refractivity (Wildman–Crippen MR) is 61.6 cm³/mol. The predicted octanol–water partition coefficient (Wildman–Crippen LogP) is 2.01. The quantitative estimate of drug-likeness (QED) is 0.900. The van der Waals surface area contributed by atoms with Gasteiger partial charge < -0.3 is 10.6 Å². The van der Waals surface area contributed by atoms with Gasteiger partial charge in [-0.2, -0.15) is 13.2 Å². The first-order valence-electron chi connectivity index (χ1n) is 5.45. The van der Waals surface area contributed by atoms with Crippen molar-refractivity contribution in [3.63, 3.8) is 0 Å². The summed E-state index contributed by atoms with van der Waals surface area (Å²) in [4.78, 5) is 12.7. The molecule has 0 aliphatic carbocycles. The fourth-order valence-corrected chi connectivity index (χ4v) is 1.59. The molecule has 2 N–H and O–H groups in total. The Morgan fingerprint density at radius 3 is 2.50 bits per heavy atom. The second-order valence-electron chi connectivity index (χ2n) is 3.94. The normalized spacial score (nSPS) is 11.4. The average Bonchev–Trinajstić information content (AvgIpc) is 2.28. The minimum atomic E-state index is -4.41. The maximum atomic E-state index is 12.7. The van der Waals surface area contributed by atoms with Crippen molar-refractivity contribution in [3.05, 3.63) is 35.4 Å². The summed E-state index contributed by atoms with van der Waals surface area (Å²) in [5.41, 5.74) is 4.60. The summed E-state index contributed by atoms with van der Waals surface area (Å²) >= 11 is 0. The summed E-state index contributed by atoms with van der Waals surface area (Å²) in [6.45, 7) is 0.110. The Hall–Kier alpha value is -1.56. The Balaban J connectivity index is 2.88. The highest BCUT2D eigenvalue weighted by molar-refractivity contribution is 5.76. The van der Waals surface area contributed by atoms with Gasteiger partial charge in [-0.25, -0.2) is 0 Å². The maximum Gasteiger partial charge on any atom is 0.416 e. The number of benzene rings is 1. The molecule has 0 bridgehead atoms. The average molecular weight is 260 g/mol. The summed E-state index contributed by atoms with van der Waals surface area (Å²) in [6.07, 6.45) is -4.28. The molecule has 1 rings (SSSR count). The van der Waals surface area contributed by atoms with Gasteiger partial charge in [-0.05, 0) is 11.6 Å². The van der Waals surface area contributed by atoms with E-state index in [1.54, 1.807) is 0 Å². The molecule has 1 aromatic rings. The molecule has 0 aromatic heterocycles. The van der Waals surface area contributed by atoms with Gasteiger partial charge in [0.05, 0.1) is 5.56 Å². The zero-order chi connectivity index (χ0) is 13.8. The number of carbonyl (C=O) groups excluding carboxylic acids is 1. The smallest absolute Gasteiger partial charge is 0.341 e. The van der Waals surface area contributed by atoms with Crippen LogP contribution in [0.15, 0.2) is 24.3 Å². The van der Waals surface area contributed by atoms with Crippen LogP contribution in [0.3, 0.4) is 0 Å². The second-order valence-corrected chi connectivity index (χ2v) is 3.94. The van der Waals surface area contributed by atoms with Crippen LogP contribution in [-0.4, -0.2) is 24.4 Å². The number of halogens is 3. The Morgan fingerprint density at radius 1 is 1.33 bits per heavy atom. The second kappa shape index (κ2) is 5.86. The third-order valence-corrected chi connectivity index (χ3v) is 2.51. The van der Waals surface area contributed by atoms with Gasteiger partial charge >= 0.3 is 6.18 Å². The van der Waals surface area contributed by atoms with E-state index in [1.807, 2.05) is 0 Å². The van der Waals surface area contributed by atoms with Crippen LogP contribution < -0.4 is 5.73 Å². The van der Waals surface area contributed by atoms with E-state index in [9.17, 15) is 18.0 Å². The monoisotopic (exact) mass is 260 g/mol. The van der Waals surface area contributed by atoms with Crippen molar-refractivity contribution < 1.29 is 18.0 Å². The lowest BCUT2D eigenvalue weighted by Gasteiger charge is -2.20. The van der Waals surface area contributed by atoms with Crippen LogP contribution in [0.1, 0.15) is 17.5 Å². The fourth-order valence-electron chi connectivity index (χ4n) is 1.59. The molecule has 100 valence electrons. The van der Waals surface area contributed by atoms with E-state index in [0.29, 0.717) is 0 Å². The van der Waals surface area contributed by atoms with Gasteiger partial charge in [0.1, 0.15) is 0 Å². The molecule has 0 atom stereocenters. The van der Waals surface area contributed by atoms with Crippen molar-refractivity contribution in [1.29, 1.82) is 0 Å². The van der Waals surface area contributed by atoms with Gasteiger partial charge in [-0.1, -0.05) is 18.2 Å². The molecule has 0 heterocycles. The van der Waals surface area contributed by atoms with E-state index < -0.39 is 11.7 Å². The molecule has 3 nitrogen and oxygen atoms in total. The minimum absolute atomic E-state index is 0.0749. The van der Waals surface area contributed by atoms with Crippen molar-refractivity contribution in [2.75, 3.05) is 13.6 Å². The lowest BCUT2D eigenvalue weighted by atomic mass is 10.1. The van der Waals surface area contributed by atoms with E-state index in [-0.39, 0.29) is 31.0 Å². The zero-order valence-corrected chi connectivity index (χ0v) is 10.00. The number of carbonyl (C=O) groups is 1. The Kier molecular flexibility index (Phi) is 4.72. The Morgan fingerprint density at radius 2 is 1.94 bits per heavy atom. The number of rotatable bonds is 4. The zero-order valence-electron chi connectivity index (χ0n) is 10.00. The first-order valence-corrected chi connectivity index (χ1v) is 5.45. The summed E-state index contributed by atoms with van der Waals surface area (Å²) in [5.74, 6) is -0.269. The lowest BCUT2D eigenvalue weighted by Crippen LogP contribution is -2.29. The van der Waals surface area contributed by atoms with Crippen molar-refractivity contribution in [3.8, 4) is 0 Å². The Labute approximate surface area is 103 Å². The van der Waals surface area contributed by atoms with Crippen molar-refractivity contribution in [2.24, 2.45) is 5.73 Å². The van der Waals surface area contributed by atoms with Gasteiger partial charge in [-0.15, -0.1) is 0 Å². The number of hydrogen-bond donors (Lipinski definition) is 1. The van der Waals surface area contributed by atoms with Crippen LogP contribution in [0, 0.1) is 0 Å². The van der Waals surface area contributed by atoms with Gasteiger partial charge in [0.15, 0.2) is 0 Å². The molecule has 1 aromatic carbocycles. The highest BCUT2D eigenvalue weighted by Gasteiger charge is 2.33. The summed E-state index contributed by atoms with van der Waals surface area (Å²) < 4.78 is 38.2. The van der Waals surface area contributed by atoms with Gasteiger partial charge in [0.2, 0.25) is 5.91 Å². The van der Waals surface area contributed by atoms with Gasteiger partial charge in [-0.3, -0.25) is 4.79 Å². The number of alkyl halides is 3. The lowest BCUT2D eigenvalue weighted by molar-refractivity contribution is -0.139. The van der Waals surface area contributed by atoms with Gasteiger partial charge in [0.25, 0.3) is 0 Å². The first-order chi connectivity index (χ1) is 8.36. The molecule has 0 aliphatic heterocycles. The molecule has 6 heteroatoms. The van der Waals surface area contributed by atoms with Crippen molar-refractivity contribution in [1.82, 2.24) is 4.90 Å². The number of amides is 1. The van der Waals surface area contributed by atoms with Crippen LogP contribution in [0.25, 0.3) is 0 Å². The van der Waals surface area contributed by atoms with Crippen molar-refractivity contribution in [2.45, 2.75) is 19.1 Å². The fraction of sp³-hybridized carbons (Fsp3) is 0.417. The van der Waals surface area contributed by atoms with E-state index in [2.05, 4.69) is 0 Å². The SMILES string of the molecule is CN(Cc1ccccc1C(F)(F)F)C(=O)CCN. The van der Waals surface area contributed by atoms with E-state index in [0.717, 1.165) is 6.07 Å². The van der Waals surface area contributed by atoms with E-state index in [4.69, 9.17) is 5.73 Å². The van der Waals surface area contributed by atoms with Gasteiger partial charge in [0, 0.05) is 26.6 Å². The van der Waals surface area contributed by atoms with Crippen LogP contribution in [0.5, 0.6) is 0 Å². The molecule has 0 spiro atoms. The number of hydrogen-bond acceptors (Lipinski definition) is 2. The first kappa shape index (κ1) is 14.5. The van der Waals surface area contributed by atoms with Crippen LogP contribution in [0.2, 0.25) is 0 Å². The van der Waals surface area contributed by atoms with E-state index in [1.165, 1.54) is 30.1 Å². The van der Waals surface area contributed by atoms with Crippen molar-refractivity contribution >= 4 is 5.91 Å². The Bertz CT molecular complexity index is 418. The third-order valence-electron chi connectivity index (χ3n) is 2.51. The van der Waals surface area contributed by atoms with E-state index >= 15 is 0 Å². The maximum absolute atomic E-state index is 12.7. The topological polar surface area (TPSA) is 46.3 Å². The molecule has 0 radical (unpaired) electrons. The largest absolute Gasteiger partial charge is 0.416 e. The summed E-state index contributed by atoms with van der Waals surface area (Å²) in [5, 5.41) is 0. The molecule has 0 unspecified atom stereocenters. The van der Waals surface area contributed by atoms with Crippen LogP contribution in [0.4, 0.5) is 13.2 Å². The molecule has 18 heavy (non-hydrogen) atoms. The summed E-state index contributed by atoms with van der Waals surface area (Å²) in [7, 11) is 1.46. The van der Waals surface area contributed by atoms with Crippen LogP contribution in [-0.2, 0) is 17.5 Å². The number of nitrogens with two attached hydrogens (primary N) is 1.